The lowest BCUT2D eigenvalue weighted by Gasteiger charge is -2.28. The first-order valence-corrected chi connectivity index (χ1v) is 9.85. The predicted molar refractivity (Wildman–Crippen MR) is 105 cm³/mol. The maximum atomic E-state index is 13.5. The lowest BCUT2D eigenvalue weighted by Crippen LogP contribution is -2.40. The van der Waals surface area contributed by atoms with E-state index >= 15 is 0 Å². The molecule has 1 aromatic heterocycles. The van der Waals surface area contributed by atoms with Crippen molar-refractivity contribution >= 4 is 29.0 Å². The Hall–Kier alpha value is -2.08. The summed E-state index contributed by atoms with van der Waals surface area (Å²) in [6.07, 6.45) is 4.39. The van der Waals surface area contributed by atoms with Gasteiger partial charge in [0.15, 0.2) is 0 Å². The van der Waals surface area contributed by atoms with Crippen molar-refractivity contribution in [1.29, 1.82) is 0 Å². The monoisotopic (exact) mass is 373 g/mol. The lowest BCUT2D eigenvalue weighted by molar-refractivity contribution is -0.117. The van der Waals surface area contributed by atoms with Gasteiger partial charge in [-0.25, -0.2) is 9.37 Å². The molecular weight excluding hydrogens is 349 g/mol. The Kier molecular flexibility index (Phi) is 5.23. The molecule has 1 aliphatic heterocycles. The van der Waals surface area contributed by atoms with Crippen LogP contribution < -0.4 is 10.2 Å². The molecule has 6 heteroatoms. The summed E-state index contributed by atoms with van der Waals surface area (Å²) >= 11 is 1.53. The predicted octanol–water partition coefficient (Wildman–Crippen LogP) is 4.49. The maximum Gasteiger partial charge on any atom is 0.247 e. The van der Waals surface area contributed by atoms with Gasteiger partial charge in [0.25, 0.3) is 0 Å². The highest BCUT2D eigenvalue weighted by molar-refractivity contribution is 7.98. The second-order valence-electron chi connectivity index (χ2n) is 7.52. The number of aromatic nitrogens is 1. The maximum absolute atomic E-state index is 13.5. The summed E-state index contributed by atoms with van der Waals surface area (Å²) in [6.45, 7) is 6.95. The van der Waals surface area contributed by atoms with Crippen molar-refractivity contribution in [2.45, 2.75) is 38.3 Å². The van der Waals surface area contributed by atoms with Gasteiger partial charge in [-0.15, -0.1) is 11.8 Å². The van der Waals surface area contributed by atoms with Crippen LogP contribution in [0.1, 0.15) is 25.8 Å². The number of hydrogen-bond donors (Lipinski definition) is 1. The van der Waals surface area contributed by atoms with Gasteiger partial charge in [0, 0.05) is 24.1 Å². The van der Waals surface area contributed by atoms with E-state index in [-0.39, 0.29) is 23.2 Å². The Morgan fingerprint density at radius 2 is 2.12 bits per heavy atom. The molecule has 1 aromatic carbocycles. The summed E-state index contributed by atoms with van der Waals surface area (Å²) in [4.78, 5) is 19.3. The number of carbonyl (C=O) groups excluding carboxylic acids is 1. The van der Waals surface area contributed by atoms with Crippen molar-refractivity contribution in [2.75, 3.05) is 23.0 Å². The van der Waals surface area contributed by atoms with E-state index in [2.05, 4.69) is 29.0 Å². The van der Waals surface area contributed by atoms with Crippen LogP contribution in [0.5, 0.6) is 0 Å². The molecule has 138 valence electrons. The summed E-state index contributed by atoms with van der Waals surface area (Å²) in [5.41, 5.74) is 2.51. The molecule has 3 rings (SSSR count). The largest absolute Gasteiger partial charge is 0.359 e. The highest BCUT2D eigenvalue weighted by Crippen LogP contribution is 2.39. The molecule has 1 fully saturated rings. The van der Waals surface area contributed by atoms with Crippen molar-refractivity contribution in [3.63, 3.8) is 0 Å². The molecular formula is C20H24FN3OS. The van der Waals surface area contributed by atoms with E-state index in [1.807, 2.05) is 19.2 Å². The standard InChI is InChI=1S/C20H24FN3OS/c1-13-9-14(21)5-6-16(13)24-12-20(2,3)11-17(24)19(25)23-15-7-8-22-18(10-15)26-4/h5-10,17H,11-12H2,1-4H3,(H,22,23,25). The van der Waals surface area contributed by atoms with Crippen LogP contribution in [0, 0.1) is 18.2 Å². The van der Waals surface area contributed by atoms with Crippen molar-refractivity contribution in [3.8, 4) is 0 Å². The number of anilines is 2. The number of nitrogens with one attached hydrogen (secondary N) is 1. The number of rotatable bonds is 4. The van der Waals surface area contributed by atoms with E-state index in [9.17, 15) is 9.18 Å². The van der Waals surface area contributed by atoms with Crippen LogP contribution in [0.4, 0.5) is 15.8 Å². The van der Waals surface area contributed by atoms with Crippen LogP contribution >= 0.6 is 11.8 Å². The first-order valence-electron chi connectivity index (χ1n) is 8.63. The third-order valence-corrected chi connectivity index (χ3v) is 5.34. The van der Waals surface area contributed by atoms with Crippen LogP contribution in [-0.2, 0) is 4.79 Å². The minimum absolute atomic E-state index is 0.00546. The Balaban J connectivity index is 1.86. The highest BCUT2D eigenvalue weighted by atomic mass is 32.2. The van der Waals surface area contributed by atoms with E-state index < -0.39 is 0 Å². The number of hydrogen-bond acceptors (Lipinski definition) is 4. The topological polar surface area (TPSA) is 45.2 Å². The van der Waals surface area contributed by atoms with Crippen LogP contribution in [0.25, 0.3) is 0 Å². The quantitative estimate of drug-likeness (QED) is 0.802. The highest BCUT2D eigenvalue weighted by Gasteiger charge is 2.41. The van der Waals surface area contributed by atoms with Gasteiger partial charge in [-0.05, 0) is 60.9 Å². The van der Waals surface area contributed by atoms with Gasteiger partial charge >= 0.3 is 0 Å². The fraction of sp³-hybridized carbons (Fsp3) is 0.400. The number of benzene rings is 1. The SMILES string of the molecule is CSc1cc(NC(=O)C2CC(C)(C)CN2c2ccc(F)cc2C)ccn1. The zero-order valence-corrected chi connectivity index (χ0v) is 16.4. The number of aryl methyl sites for hydroxylation is 1. The molecule has 2 aromatic rings. The molecule has 0 aliphatic carbocycles. The minimum atomic E-state index is -0.292. The average molecular weight is 373 g/mol. The molecule has 0 saturated carbocycles. The Morgan fingerprint density at radius 3 is 2.81 bits per heavy atom. The molecule has 1 N–H and O–H groups in total. The first-order chi connectivity index (χ1) is 12.3. The van der Waals surface area contributed by atoms with Crippen LogP contribution in [0.3, 0.4) is 0 Å². The fourth-order valence-corrected chi connectivity index (χ4v) is 3.93. The normalized spacial score (nSPS) is 18.8. The molecule has 0 radical (unpaired) electrons. The zero-order valence-electron chi connectivity index (χ0n) is 15.5. The van der Waals surface area contributed by atoms with Gasteiger partial charge < -0.3 is 10.2 Å². The van der Waals surface area contributed by atoms with Gasteiger partial charge in [0.2, 0.25) is 5.91 Å². The van der Waals surface area contributed by atoms with Crippen molar-refractivity contribution < 1.29 is 9.18 Å². The molecule has 1 unspecified atom stereocenters. The van der Waals surface area contributed by atoms with Gasteiger partial charge in [0.1, 0.15) is 11.9 Å². The summed E-state index contributed by atoms with van der Waals surface area (Å²) in [5.74, 6) is -0.301. The summed E-state index contributed by atoms with van der Waals surface area (Å²) in [7, 11) is 0. The van der Waals surface area contributed by atoms with Crippen LogP contribution in [0.15, 0.2) is 41.6 Å². The molecule has 4 nitrogen and oxygen atoms in total. The molecule has 1 atom stereocenters. The number of thioether (sulfide) groups is 1. The third kappa shape index (κ3) is 4.01. The number of nitrogens with zero attached hydrogens (tertiary/aromatic N) is 2. The molecule has 26 heavy (non-hydrogen) atoms. The zero-order chi connectivity index (χ0) is 18.9. The second kappa shape index (κ2) is 7.27. The van der Waals surface area contributed by atoms with Gasteiger partial charge in [0.05, 0.1) is 5.03 Å². The van der Waals surface area contributed by atoms with E-state index in [4.69, 9.17) is 0 Å². The number of carbonyl (C=O) groups is 1. The van der Waals surface area contributed by atoms with Crippen molar-refractivity contribution in [2.24, 2.45) is 5.41 Å². The van der Waals surface area contributed by atoms with Crippen LogP contribution in [-0.4, -0.2) is 29.7 Å². The number of halogens is 1. The first kappa shape index (κ1) is 18.7. The molecule has 1 amide bonds. The van der Waals surface area contributed by atoms with Crippen LogP contribution in [0.2, 0.25) is 0 Å². The van der Waals surface area contributed by atoms with Gasteiger partial charge in [-0.2, -0.15) is 0 Å². The van der Waals surface area contributed by atoms with Gasteiger partial charge in [-0.3, -0.25) is 4.79 Å². The Bertz CT molecular complexity index is 824. The molecule has 1 aliphatic rings. The Morgan fingerprint density at radius 1 is 1.35 bits per heavy atom. The third-order valence-electron chi connectivity index (χ3n) is 4.70. The van der Waals surface area contributed by atoms with E-state index in [0.29, 0.717) is 0 Å². The second-order valence-corrected chi connectivity index (χ2v) is 8.35. The molecule has 0 spiro atoms. The van der Waals surface area contributed by atoms with E-state index in [0.717, 1.165) is 34.9 Å². The lowest BCUT2D eigenvalue weighted by atomic mass is 9.90. The van der Waals surface area contributed by atoms with Crippen molar-refractivity contribution in [1.82, 2.24) is 4.98 Å². The summed E-state index contributed by atoms with van der Waals surface area (Å²) in [5, 5.41) is 3.88. The minimum Gasteiger partial charge on any atom is -0.359 e. The number of amides is 1. The van der Waals surface area contributed by atoms with E-state index in [1.54, 1.807) is 18.3 Å². The average Bonchev–Trinajstić information content (AvgIpc) is 2.90. The Labute approximate surface area is 158 Å². The van der Waals surface area contributed by atoms with E-state index in [1.165, 1.54) is 23.9 Å². The molecule has 1 saturated heterocycles. The van der Waals surface area contributed by atoms with Gasteiger partial charge in [-0.1, -0.05) is 13.8 Å². The molecule has 0 bridgehead atoms. The smallest absolute Gasteiger partial charge is 0.247 e. The fourth-order valence-electron chi connectivity index (χ4n) is 3.52. The summed E-state index contributed by atoms with van der Waals surface area (Å²) in [6, 6.07) is 8.12. The van der Waals surface area contributed by atoms with Crippen molar-refractivity contribution in [3.05, 3.63) is 47.9 Å². The number of pyridine rings is 1. The summed E-state index contributed by atoms with van der Waals surface area (Å²) < 4.78 is 13.5. The molecule has 2 heterocycles.